The van der Waals surface area contributed by atoms with E-state index in [0.29, 0.717) is 6.42 Å². The number of hydrogen-bond donors (Lipinski definition) is 1. The molecule has 0 aromatic carbocycles. The highest BCUT2D eigenvalue weighted by atomic mass is 16.6. The summed E-state index contributed by atoms with van der Waals surface area (Å²) in [6.45, 7) is 5.55. The van der Waals surface area contributed by atoms with Gasteiger partial charge in [-0.15, -0.1) is 0 Å². The third-order valence-corrected chi connectivity index (χ3v) is 2.99. The minimum Gasteiger partial charge on any atom is -0.481 e. The molecule has 0 heterocycles. The molecule has 0 radical (unpaired) electrons. The Kier molecular flexibility index (Phi) is 4.54. The summed E-state index contributed by atoms with van der Waals surface area (Å²) in [4.78, 5) is 22.5. The van der Waals surface area contributed by atoms with Gasteiger partial charge in [0.2, 0.25) is 0 Å². The Morgan fingerprint density at radius 1 is 1.29 bits per heavy atom. The fraction of sp³-hybridized carbons (Fsp3) is 0.846. The van der Waals surface area contributed by atoms with E-state index in [1.165, 1.54) is 0 Å². The first-order valence-electron chi connectivity index (χ1n) is 6.22. The number of carbonyl (C=O) groups is 2. The van der Waals surface area contributed by atoms with Gasteiger partial charge in [-0.3, -0.25) is 9.59 Å². The molecule has 17 heavy (non-hydrogen) atoms. The number of ether oxygens (including phenoxy) is 1. The second kappa shape index (κ2) is 5.52. The van der Waals surface area contributed by atoms with Crippen LogP contribution < -0.4 is 0 Å². The second-order valence-electron chi connectivity index (χ2n) is 5.86. The second-order valence-corrected chi connectivity index (χ2v) is 5.86. The van der Waals surface area contributed by atoms with Crippen LogP contribution in [0.4, 0.5) is 0 Å². The van der Waals surface area contributed by atoms with E-state index in [-0.39, 0.29) is 24.2 Å². The summed E-state index contributed by atoms with van der Waals surface area (Å²) in [6.07, 6.45) is 3.47. The van der Waals surface area contributed by atoms with Crippen LogP contribution in [-0.4, -0.2) is 22.6 Å². The molecule has 0 spiro atoms. The monoisotopic (exact) mass is 242 g/mol. The van der Waals surface area contributed by atoms with Crippen LogP contribution in [0.25, 0.3) is 0 Å². The first kappa shape index (κ1) is 14.0. The maximum Gasteiger partial charge on any atom is 0.309 e. The zero-order valence-electron chi connectivity index (χ0n) is 10.9. The summed E-state index contributed by atoms with van der Waals surface area (Å²) in [7, 11) is 0. The Morgan fingerprint density at radius 2 is 1.94 bits per heavy atom. The standard InChI is InChI=1S/C13H22O4/c1-13(2,3)17-12(16)10-6-4-5-9(7-10)8-11(14)15/h9-10H,4-8H2,1-3H3,(H,14,15). The van der Waals surface area contributed by atoms with E-state index in [1.54, 1.807) is 0 Å². The molecule has 4 heteroatoms. The predicted octanol–water partition coefficient (Wildman–Crippen LogP) is 2.61. The van der Waals surface area contributed by atoms with Gasteiger partial charge in [0, 0.05) is 6.42 Å². The number of hydrogen-bond acceptors (Lipinski definition) is 3. The molecule has 0 aliphatic heterocycles. The van der Waals surface area contributed by atoms with Crippen LogP contribution in [0.3, 0.4) is 0 Å². The Labute approximate surface area is 102 Å². The van der Waals surface area contributed by atoms with Crippen molar-refractivity contribution in [2.75, 3.05) is 0 Å². The lowest BCUT2D eigenvalue weighted by Crippen LogP contribution is -2.31. The molecule has 1 fully saturated rings. The van der Waals surface area contributed by atoms with Gasteiger partial charge in [0.05, 0.1) is 5.92 Å². The van der Waals surface area contributed by atoms with E-state index in [0.717, 1.165) is 19.3 Å². The van der Waals surface area contributed by atoms with Gasteiger partial charge in [-0.1, -0.05) is 6.42 Å². The number of carbonyl (C=O) groups excluding carboxylic acids is 1. The molecule has 0 aromatic rings. The molecule has 1 rings (SSSR count). The Hall–Kier alpha value is -1.06. The topological polar surface area (TPSA) is 63.6 Å². The molecular weight excluding hydrogens is 220 g/mol. The Balaban J connectivity index is 2.49. The molecule has 1 aliphatic rings. The van der Waals surface area contributed by atoms with E-state index in [4.69, 9.17) is 9.84 Å². The molecular formula is C13H22O4. The Morgan fingerprint density at radius 3 is 2.47 bits per heavy atom. The van der Waals surface area contributed by atoms with Crippen molar-refractivity contribution in [3.63, 3.8) is 0 Å². The van der Waals surface area contributed by atoms with Crippen LogP contribution in [0.15, 0.2) is 0 Å². The lowest BCUT2D eigenvalue weighted by Gasteiger charge is -2.29. The average Bonchev–Trinajstić information content (AvgIpc) is 2.14. The number of esters is 1. The molecule has 0 amide bonds. The van der Waals surface area contributed by atoms with Crippen molar-refractivity contribution >= 4 is 11.9 Å². The van der Waals surface area contributed by atoms with Crippen LogP contribution in [0.5, 0.6) is 0 Å². The van der Waals surface area contributed by atoms with Crippen molar-refractivity contribution in [1.82, 2.24) is 0 Å². The van der Waals surface area contributed by atoms with Gasteiger partial charge in [-0.25, -0.2) is 0 Å². The first-order valence-corrected chi connectivity index (χ1v) is 6.22. The number of carboxylic acids is 1. The smallest absolute Gasteiger partial charge is 0.309 e. The van der Waals surface area contributed by atoms with Crippen LogP contribution >= 0.6 is 0 Å². The maximum absolute atomic E-state index is 11.9. The van der Waals surface area contributed by atoms with E-state index < -0.39 is 11.6 Å². The minimum absolute atomic E-state index is 0.118. The molecule has 2 unspecified atom stereocenters. The predicted molar refractivity (Wildman–Crippen MR) is 63.5 cm³/mol. The van der Waals surface area contributed by atoms with Crippen LogP contribution in [0.1, 0.15) is 52.9 Å². The average molecular weight is 242 g/mol. The van der Waals surface area contributed by atoms with Gasteiger partial charge < -0.3 is 9.84 Å². The fourth-order valence-corrected chi connectivity index (χ4v) is 2.32. The van der Waals surface area contributed by atoms with E-state index in [2.05, 4.69) is 0 Å². The summed E-state index contributed by atoms with van der Waals surface area (Å²) in [5, 5.41) is 8.76. The number of aliphatic carboxylic acids is 1. The van der Waals surface area contributed by atoms with Crippen molar-refractivity contribution in [1.29, 1.82) is 0 Å². The Bertz CT molecular complexity index is 290. The molecule has 0 saturated heterocycles. The third-order valence-electron chi connectivity index (χ3n) is 2.99. The van der Waals surface area contributed by atoms with E-state index >= 15 is 0 Å². The molecule has 1 aliphatic carbocycles. The summed E-state index contributed by atoms with van der Waals surface area (Å²) < 4.78 is 5.34. The van der Waals surface area contributed by atoms with Crippen molar-refractivity contribution < 1.29 is 19.4 Å². The quantitative estimate of drug-likeness (QED) is 0.773. The van der Waals surface area contributed by atoms with Crippen LogP contribution in [0, 0.1) is 11.8 Å². The molecule has 4 nitrogen and oxygen atoms in total. The highest BCUT2D eigenvalue weighted by Gasteiger charge is 2.31. The normalized spacial score (nSPS) is 25.4. The van der Waals surface area contributed by atoms with Crippen LogP contribution in [-0.2, 0) is 14.3 Å². The zero-order chi connectivity index (χ0) is 13.1. The molecule has 2 atom stereocenters. The largest absolute Gasteiger partial charge is 0.481 e. The van der Waals surface area contributed by atoms with Crippen LogP contribution in [0.2, 0.25) is 0 Å². The first-order chi connectivity index (χ1) is 7.78. The van der Waals surface area contributed by atoms with Crippen molar-refractivity contribution in [3.05, 3.63) is 0 Å². The molecule has 98 valence electrons. The minimum atomic E-state index is -0.778. The summed E-state index contributed by atoms with van der Waals surface area (Å²) in [5.74, 6) is -0.946. The lowest BCUT2D eigenvalue weighted by molar-refractivity contribution is -0.162. The van der Waals surface area contributed by atoms with Crippen molar-refractivity contribution in [3.8, 4) is 0 Å². The summed E-state index contributed by atoms with van der Waals surface area (Å²) in [5.41, 5.74) is -0.461. The lowest BCUT2D eigenvalue weighted by atomic mass is 9.80. The molecule has 0 bridgehead atoms. The highest BCUT2D eigenvalue weighted by Crippen LogP contribution is 2.32. The van der Waals surface area contributed by atoms with E-state index in [9.17, 15) is 9.59 Å². The van der Waals surface area contributed by atoms with Gasteiger partial charge >= 0.3 is 11.9 Å². The SMILES string of the molecule is CC(C)(C)OC(=O)C1CCCC(CC(=O)O)C1. The van der Waals surface area contributed by atoms with Gasteiger partial charge in [0.15, 0.2) is 0 Å². The van der Waals surface area contributed by atoms with E-state index in [1.807, 2.05) is 20.8 Å². The fourth-order valence-electron chi connectivity index (χ4n) is 2.32. The van der Waals surface area contributed by atoms with Gasteiger partial charge in [-0.2, -0.15) is 0 Å². The van der Waals surface area contributed by atoms with Gasteiger partial charge in [0.1, 0.15) is 5.60 Å². The number of carboxylic acid groups (broad SMARTS) is 1. The molecule has 1 saturated carbocycles. The van der Waals surface area contributed by atoms with Gasteiger partial charge in [-0.05, 0) is 46.0 Å². The van der Waals surface area contributed by atoms with Gasteiger partial charge in [0.25, 0.3) is 0 Å². The summed E-state index contributed by atoms with van der Waals surface area (Å²) >= 11 is 0. The summed E-state index contributed by atoms with van der Waals surface area (Å²) in [6, 6.07) is 0. The molecule has 0 aromatic heterocycles. The maximum atomic E-state index is 11.9. The third kappa shape index (κ3) is 5.20. The number of rotatable bonds is 3. The van der Waals surface area contributed by atoms with Crippen molar-refractivity contribution in [2.45, 2.75) is 58.5 Å². The highest BCUT2D eigenvalue weighted by molar-refractivity contribution is 5.73. The zero-order valence-corrected chi connectivity index (χ0v) is 10.9. The molecule has 1 N–H and O–H groups in total. The van der Waals surface area contributed by atoms with Crippen molar-refractivity contribution in [2.24, 2.45) is 11.8 Å².